The summed E-state index contributed by atoms with van der Waals surface area (Å²) in [7, 11) is 0. The third-order valence-corrected chi connectivity index (χ3v) is 3.30. The van der Waals surface area contributed by atoms with Crippen LogP contribution in [0, 0.1) is 0 Å². The van der Waals surface area contributed by atoms with E-state index < -0.39 is 0 Å². The summed E-state index contributed by atoms with van der Waals surface area (Å²) in [6.07, 6.45) is 3.65. The lowest BCUT2D eigenvalue weighted by atomic mass is 10.2. The van der Waals surface area contributed by atoms with E-state index in [0.29, 0.717) is 12.6 Å². The molecule has 0 spiro atoms. The summed E-state index contributed by atoms with van der Waals surface area (Å²) >= 11 is 0. The van der Waals surface area contributed by atoms with E-state index >= 15 is 0 Å². The summed E-state index contributed by atoms with van der Waals surface area (Å²) in [5.74, 6) is 0.954. The minimum Gasteiger partial charge on any atom is -0.398 e. The number of rotatable bonds is 3. The van der Waals surface area contributed by atoms with Gasteiger partial charge in [0.05, 0.1) is 12.1 Å². The SMILES string of the molecule is CC(C)n1ncnc1Cn1ccc2c(N)cccc21. The van der Waals surface area contributed by atoms with Crippen LogP contribution in [0.3, 0.4) is 0 Å². The fourth-order valence-corrected chi connectivity index (χ4v) is 2.36. The van der Waals surface area contributed by atoms with Gasteiger partial charge in [-0.25, -0.2) is 9.67 Å². The quantitative estimate of drug-likeness (QED) is 0.731. The molecule has 0 radical (unpaired) electrons. The van der Waals surface area contributed by atoms with E-state index in [-0.39, 0.29) is 0 Å². The summed E-state index contributed by atoms with van der Waals surface area (Å²) in [5, 5.41) is 5.34. The molecule has 5 heteroatoms. The second-order valence-electron chi connectivity index (χ2n) is 4.94. The zero-order chi connectivity index (χ0) is 13.4. The molecule has 0 aliphatic rings. The van der Waals surface area contributed by atoms with Crippen molar-refractivity contribution in [1.29, 1.82) is 0 Å². The highest BCUT2D eigenvalue weighted by molar-refractivity contribution is 5.91. The number of anilines is 1. The van der Waals surface area contributed by atoms with Crippen LogP contribution in [-0.2, 0) is 6.54 Å². The third kappa shape index (κ3) is 1.97. The number of fused-ring (bicyclic) bond motifs is 1. The van der Waals surface area contributed by atoms with Crippen LogP contribution in [0.1, 0.15) is 25.7 Å². The maximum Gasteiger partial charge on any atom is 0.147 e. The maximum atomic E-state index is 5.97. The Morgan fingerprint density at radius 1 is 1.26 bits per heavy atom. The molecule has 1 aromatic carbocycles. The summed E-state index contributed by atoms with van der Waals surface area (Å²) in [6, 6.07) is 8.32. The van der Waals surface area contributed by atoms with E-state index in [0.717, 1.165) is 22.4 Å². The molecule has 0 fully saturated rings. The summed E-state index contributed by atoms with van der Waals surface area (Å²) in [4.78, 5) is 4.34. The summed E-state index contributed by atoms with van der Waals surface area (Å²) < 4.78 is 4.09. The molecule has 2 heterocycles. The second-order valence-corrected chi connectivity index (χ2v) is 4.94. The molecule has 0 amide bonds. The highest BCUT2D eigenvalue weighted by Crippen LogP contribution is 2.22. The van der Waals surface area contributed by atoms with Crippen LogP contribution in [0.4, 0.5) is 5.69 Å². The number of benzene rings is 1. The van der Waals surface area contributed by atoms with E-state index in [9.17, 15) is 0 Å². The minimum atomic E-state index is 0.310. The van der Waals surface area contributed by atoms with Crippen LogP contribution in [0.2, 0.25) is 0 Å². The van der Waals surface area contributed by atoms with Crippen molar-refractivity contribution in [2.45, 2.75) is 26.4 Å². The zero-order valence-corrected chi connectivity index (χ0v) is 11.1. The van der Waals surface area contributed by atoms with Crippen molar-refractivity contribution in [1.82, 2.24) is 19.3 Å². The second kappa shape index (κ2) is 4.42. The molecule has 2 aromatic heterocycles. The van der Waals surface area contributed by atoms with Crippen molar-refractivity contribution >= 4 is 16.6 Å². The molecule has 19 heavy (non-hydrogen) atoms. The molecule has 0 unspecified atom stereocenters. The molecule has 3 rings (SSSR count). The fraction of sp³-hybridized carbons (Fsp3) is 0.286. The van der Waals surface area contributed by atoms with Crippen LogP contribution >= 0.6 is 0 Å². The first kappa shape index (κ1) is 11.8. The van der Waals surface area contributed by atoms with Crippen molar-refractivity contribution in [3.8, 4) is 0 Å². The molecular weight excluding hydrogens is 238 g/mol. The molecule has 5 nitrogen and oxygen atoms in total. The smallest absolute Gasteiger partial charge is 0.147 e. The molecule has 0 aliphatic heterocycles. The first-order valence-corrected chi connectivity index (χ1v) is 6.38. The van der Waals surface area contributed by atoms with Crippen molar-refractivity contribution in [2.75, 3.05) is 5.73 Å². The molecule has 2 N–H and O–H groups in total. The molecule has 0 aliphatic carbocycles. The summed E-state index contributed by atoms with van der Waals surface area (Å²) in [5.41, 5.74) is 7.90. The van der Waals surface area contributed by atoms with Crippen molar-refractivity contribution in [3.63, 3.8) is 0 Å². The van der Waals surface area contributed by atoms with E-state index in [1.54, 1.807) is 6.33 Å². The lowest BCUT2D eigenvalue weighted by molar-refractivity contribution is 0.498. The van der Waals surface area contributed by atoms with E-state index in [4.69, 9.17) is 5.73 Å². The molecular formula is C14H17N5. The number of hydrogen-bond donors (Lipinski definition) is 1. The van der Waals surface area contributed by atoms with Crippen LogP contribution in [0.25, 0.3) is 10.9 Å². The minimum absolute atomic E-state index is 0.310. The average molecular weight is 255 g/mol. The molecule has 0 saturated carbocycles. The van der Waals surface area contributed by atoms with Gasteiger partial charge in [0.1, 0.15) is 12.2 Å². The van der Waals surface area contributed by atoms with Gasteiger partial charge >= 0.3 is 0 Å². The monoisotopic (exact) mass is 255 g/mol. The van der Waals surface area contributed by atoms with Gasteiger partial charge in [0, 0.05) is 23.3 Å². The van der Waals surface area contributed by atoms with Gasteiger partial charge in [0.2, 0.25) is 0 Å². The Morgan fingerprint density at radius 3 is 2.89 bits per heavy atom. The van der Waals surface area contributed by atoms with E-state index in [1.807, 2.05) is 29.1 Å². The average Bonchev–Trinajstić information content (AvgIpc) is 2.98. The lowest BCUT2D eigenvalue weighted by Gasteiger charge is -2.10. The third-order valence-electron chi connectivity index (χ3n) is 3.30. The van der Waals surface area contributed by atoms with E-state index in [1.165, 1.54) is 0 Å². The lowest BCUT2D eigenvalue weighted by Crippen LogP contribution is -2.11. The predicted molar refractivity (Wildman–Crippen MR) is 75.9 cm³/mol. The Morgan fingerprint density at radius 2 is 2.11 bits per heavy atom. The van der Waals surface area contributed by atoms with E-state index in [2.05, 4.69) is 34.6 Å². The molecule has 3 aromatic rings. The number of nitrogen functional groups attached to an aromatic ring is 1. The van der Waals surface area contributed by atoms with Gasteiger partial charge in [-0.2, -0.15) is 5.10 Å². The Bertz CT molecular complexity index is 708. The standard InChI is InChI=1S/C14H17N5/c1-10(2)19-14(16-9-17-19)8-18-7-6-11-12(15)4-3-5-13(11)18/h3-7,9-10H,8,15H2,1-2H3. The Kier molecular flexibility index (Phi) is 2.74. The number of aromatic nitrogens is 4. The first-order chi connectivity index (χ1) is 9.16. The fourth-order valence-electron chi connectivity index (χ4n) is 2.36. The van der Waals surface area contributed by atoms with Gasteiger partial charge in [0.25, 0.3) is 0 Å². The number of nitrogens with two attached hydrogens (primary N) is 1. The predicted octanol–water partition coefficient (Wildman–Crippen LogP) is 2.44. The zero-order valence-electron chi connectivity index (χ0n) is 11.1. The van der Waals surface area contributed by atoms with Gasteiger partial charge in [-0.1, -0.05) is 6.07 Å². The molecule has 0 atom stereocenters. The summed E-state index contributed by atoms with van der Waals surface area (Å²) in [6.45, 7) is 4.90. The van der Waals surface area contributed by atoms with Gasteiger partial charge < -0.3 is 10.3 Å². The topological polar surface area (TPSA) is 61.7 Å². The van der Waals surface area contributed by atoms with Crippen LogP contribution in [0.5, 0.6) is 0 Å². The highest BCUT2D eigenvalue weighted by atomic mass is 15.4. The van der Waals surface area contributed by atoms with Crippen LogP contribution in [0.15, 0.2) is 36.8 Å². The highest BCUT2D eigenvalue weighted by Gasteiger charge is 2.10. The van der Waals surface area contributed by atoms with Crippen LogP contribution in [-0.4, -0.2) is 19.3 Å². The first-order valence-electron chi connectivity index (χ1n) is 6.38. The van der Waals surface area contributed by atoms with Crippen molar-refractivity contribution in [2.24, 2.45) is 0 Å². The Labute approximate surface area is 111 Å². The van der Waals surface area contributed by atoms with Crippen molar-refractivity contribution in [3.05, 3.63) is 42.6 Å². The van der Waals surface area contributed by atoms with Gasteiger partial charge in [-0.05, 0) is 32.0 Å². The Hall–Kier alpha value is -2.30. The maximum absolute atomic E-state index is 5.97. The molecule has 0 saturated heterocycles. The van der Waals surface area contributed by atoms with Gasteiger partial charge in [0.15, 0.2) is 0 Å². The largest absolute Gasteiger partial charge is 0.398 e. The van der Waals surface area contributed by atoms with Gasteiger partial charge in [-0.3, -0.25) is 0 Å². The Balaban J connectivity index is 2.02. The molecule has 98 valence electrons. The van der Waals surface area contributed by atoms with Gasteiger partial charge in [-0.15, -0.1) is 0 Å². The normalized spacial score (nSPS) is 11.5. The number of hydrogen-bond acceptors (Lipinski definition) is 3. The van der Waals surface area contributed by atoms with Crippen LogP contribution < -0.4 is 5.73 Å². The van der Waals surface area contributed by atoms with Crippen molar-refractivity contribution < 1.29 is 0 Å². The molecule has 0 bridgehead atoms. The number of nitrogens with zero attached hydrogens (tertiary/aromatic N) is 4.